The van der Waals surface area contributed by atoms with Crippen LogP contribution in [0.1, 0.15) is 19.3 Å². The molecule has 0 aromatic rings. The van der Waals surface area contributed by atoms with E-state index in [-0.39, 0.29) is 12.7 Å². The van der Waals surface area contributed by atoms with Gasteiger partial charge in [-0.1, -0.05) is 12.5 Å². The van der Waals surface area contributed by atoms with Gasteiger partial charge in [-0.05, 0) is 18.8 Å². The quantitative estimate of drug-likeness (QED) is 0.611. The van der Waals surface area contributed by atoms with Gasteiger partial charge in [-0.15, -0.1) is 0 Å². The van der Waals surface area contributed by atoms with E-state index in [1.165, 1.54) is 12.5 Å². The highest BCUT2D eigenvalue weighted by atomic mass is 28.1. The molecule has 12 heavy (non-hydrogen) atoms. The summed E-state index contributed by atoms with van der Waals surface area (Å²) in [5.41, 5.74) is 0. The topological polar surface area (TPSA) is 9.23 Å². The molecule has 72 valence electrons. The van der Waals surface area contributed by atoms with Crippen molar-refractivity contribution in [3.05, 3.63) is 0 Å². The Bertz CT molecular complexity index is 132. The molecule has 1 saturated carbocycles. The fraction of sp³-hybridized carbons (Fsp3) is 1.00. The third kappa shape index (κ3) is 2.82. The van der Waals surface area contributed by atoms with Gasteiger partial charge in [0.15, 0.2) is 0 Å². The molecule has 0 aliphatic heterocycles. The van der Waals surface area contributed by atoms with Crippen molar-refractivity contribution in [1.82, 2.24) is 0 Å². The van der Waals surface area contributed by atoms with E-state index < -0.39 is 6.43 Å². The largest absolute Gasteiger partial charge is 0.372 e. The van der Waals surface area contributed by atoms with Crippen LogP contribution in [0, 0.1) is 5.92 Å². The molecule has 0 spiro atoms. The van der Waals surface area contributed by atoms with E-state index in [1.807, 2.05) is 0 Å². The highest BCUT2D eigenvalue weighted by Gasteiger charge is 2.26. The van der Waals surface area contributed by atoms with Crippen molar-refractivity contribution in [2.24, 2.45) is 5.92 Å². The number of hydrogen-bond donors (Lipinski definition) is 0. The van der Waals surface area contributed by atoms with Gasteiger partial charge in [0.05, 0.1) is 6.10 Å². The summed E-state index contributed by atoms with van der Waals surface area (Å²) >= 11 is 0. The second-order valence-electron chi connectivity index (χ2n) is 3.36. The van der Waals surface area contributed by atoms with Crippen LogP contribution in [0.2, 0.25) is 6.04 Å². The maximum atomic E-state index is 11.8. The lowest BCUT2D eigenvalue weighted by Crippen LogP contribution is -2.21. The fourth-order valence-corrected chi connectivity index (χ4v) is 2.82. The van der Waals surface area contributed by atoms with E-state index in [9.17, 15) is 8.78 Å². The molecule has 0 saturated heterocycles. The lowest BCUT2D eigenvalue weighted by Gasteiger charge is -2.18. The Hall–Kier alpha value is 0.0369. The van der Waals surface area contributed by atoms with E-state index in [0.29, 0.717) is 5.92 Å². The van der Waals surface area contributed by atoms with E-state index in [2.05, 4.69) is 0 Å². The van der Waals surface area contributed by atoms with Gasteiger partial charge in [-0.25, -0.2) is 8.78 Å². The summed E-state index contributed by atoms with van der Waals surface area (Å²) in [6.45, 7) is -0.372. The van der Waals surface area contributed by atoms with Crippen LogP contribution in [0.15, 0.2) is 0 Å². The van der Waals surface area contributed by atoms with Crippen LogP contribution < -0.4 is 0 Å². The molecule has 1 rings (SSSR count). The minimum Gasteiger partial charge on any atom is -0.372 e. The first-order chi connectivity index (χ1) is 5.74. The number of ether oxygens (including phenoxy) is 1. The van der Waals surface area contributed by atoms with Crippen LogP contribution in [-0.4, -0.2) is 29.4 Å². The van der Waals surface area contributed by atoms with Crippen molar-refractivity contribution in [1.29, 1.82) is 0 Å². The van der Waals surface area contributed by atoms with E-state index in [4.69, 9.17) is 4.74 Å². The first-order valence-corrected chi connectivity index (χ1v) is 6.05. The van der Waals surface area contributed by atoms with Crippen LogP contribution in [-0.2, 0) is 4.74 Å². The summed E-state index contributed by atoms with van der Waals surface area (Å²) in [7, 11) is 1.16. The molecular formula is C8H16F2OSi. The number of rotatable bonds is 4. The molecule has 0 heterocycles. The van der Waals surface area contributed by atoms with Gasteiger partial charge in [0.2, 0.25) is 0 Å². The lowest BCUT2D eigenvalue weighted by atomic mass is 10.1. The third-order valence-electron chi connectivity index (χ3n) is 2.55. The zero-order chi connectivity index (χ0) is 8.97. The van der Waals surface area contributed by atoms with Crippen molar-refractivity contribution < 1.29 is 13.5 Å². The molecule has 0 radical (unpaired) electrons. The summed E-state index contributed by atoms with van der Waals surface area (Å²) in [5, 5.41) is 0. The lowest BCUT2D eigenvalue weighted by molar-refractivity contribution is -0.0348. The van der Waals surface area contributed by atoms with Crippen LogP contribution in [0.5, 0.6) is 0 Å². The molecule has 0 aromatic carbocycles. The van der Waals surface area contributed by atoms with Crippen LogP contribution in [0.4, 0.5) is 8.78 Å². The Kier molecular flexibility index (Phi) is 4.15. The number of hydrogen-bond acceptors (Lipinski definition) is 1. The Balaban J connectivity index is 2.21. The van der Waals surface area contributed by atoms with Crippen molar-refractivity contribution in [3.63, 3.8) is 0 Å². The van der Waals surface area contributed by atoms with Crippen molar-refractivity contribution in [3.8, 4) is 0 Å². The molecule has 0 amide bonds. The van der Waals surface area contributed by atoms with Crippen LogP contribution >= 0.6 is 0 Å². The molecule has 2 atom stereocenters. The van der Waals surface area contributed by atoms with E-state index in [0.717, 1.165) is 23.1 Å². The second kappa shape index (κ2) is 4.92. The molecule has 0 aromatic heterocycles. The summed E-state index contributed by atoms with van der Waals surface area (Å²) in [6, 6.07) is 1.19. The molecule has 0 N–H and O–H groups in total. The van der Waals surface area contributed by atoms with Crippen LogP contribution in [0.25, 0.3) is 0 Å². The molecule has 1 aliphatic carbocycles. The van der Waals surface area contributed by atoms with Crippen molar-refractivity contribution in [2.75, 3.05) is 6.61 Å². The molecular weight excluding hydrogens is 178 g/mol. The summed E-state index contributed by atoms with van der Waals surface area (Å²) in [4.78, 5) is 0. The molecule has 4 heteroatoms. The van der Waals surface area contributed by atoms with Gasteiger partial charge in [-0.3, -0.25) is 0 Å². The zero-order valence-corrected chi connectivity index (χ0v) is 9.43. The molecule has 0 unspecified atom stereocenters. The molecule has 1 aliphatic rings. The van der Waals surface area contributed by atoms with Gasteiger partial charge in [0.1, 0.15) is 6.61 Å². The van der Waals surface area contributed by atoms with Crippen molar-refractivity contribution in [2.45, 2.75) is 37.8 Å². The Morgan fingerprint density at radius 1 is 1.42 bits per heavy atom. The average molecular weight is 194 g/mol. The smallest absolute Gasteiger partial charge is 0.261 e. The summed E-state index contributed by atoms with van der Waals surface area (Å²) in [6.07, 6.45) is 1.15. The van der Waals surface area contributed by atoms with E-state index >= 15 is 0 Å². The van der Waals surface area contributed by atoms with Gasteiger partial charge in [-0.2, -0.15) is 0 Å². The highest BCUT2D eigenvalue weighted by molar-refractivity contribution is 6.08. The van der Waals surface area contributed by atoms with Gasteiger partial charge >= 0.3 is 0 Å². The Labute approximate surface area is 74.9 Å². The molecule has 1 fully saturated rings. The highest BCUT2D eigenvalue weighted by Crippen LogP contribution is 2.30. The average Bonchev–Trinajstić information content (AvgIpc) is 2.47. The zero-order valence-electron chi connectivity index (χ0n) is 7.43. The standard InChI is InChI=1S/C8H16F2OSi/c9-8(10)4-11-7-3-1-2-6(7)5-12/h6-8H,1-5H2,12H3/t6-,7-/m1/s1. The number of halogens is 2. The monoisotopic (exact) mass is 194 g/mol. The van der Waals surface area contributed by atoms with Crippen molar-refractivity contribution >= 4 is 10.2 Å². The predicted molar refractivity (Wildman–Crippen MR) is 47.8 cm³/mol. The summed E-state index contributed by atoms with van der Waals surface area (Å²) < 4.78 is 28.7. The predicted octanol–water partition coefficient (Wildman–Crippen LogP) is 1.22. The minimum atomic E-state index is -2.31. The fourth-order valence-electron chi connectivity index (χ4n) is 1.89. The first-order valence-electron chi connectivity index (χ1n) is 4.63. The van der Waals surface area contributed by atoms with E-state index in [1.54, 1.807) is 0 Å². The van der Waals surface area contributed by atoms with Gasteiger partial charge in [0, 0.05) is 10.2 Å². The minimum absolute atomic E-state index is 0.136. The second-order valence-corrected chi connectivity index (χ2v) is 4.18. The Morgan fingerprint density at radius 2 is 2.17 bits per heavy atom. The maximum Gasteiger partial charge on any atom is 0.261 e. The maximum absolute atomic E-state index is 11.8. The third-order valence-corrected chi connectivity index (χ3v) is 3.60. The normalized spacial score (nSPS) is 30.2. The van der Waals surface area contributed by atoms with Crippen LogP contribution in [0.3, 0.4) is 0 Å². The number of alkyl halides is 2. The SMILES string of the molecule is FC(F)CO[C@@H]1CCC[C@@H]1C[SiH3]. The Morgan fingerprint density at radius 3 is 2.75 bits per heavy atom. The first kappa shape index (κ1) is 10.1. The molecule has 1 nitrogen and oxygen atoms in total. The van der Waals surface area contributed by atoms with Gasteiger partial charge < -0.3 is 4.74 Å². The summed E-state index contributed by atoms with van der Waals surface area (Å²) in [5.74, 6) is 0.579. The molecule has 0 bridgehead atoms. The van der Waals surface area contributed by atoms with Gasteiger partial charge in [0.25, 0.3) is 6.43 Å².